The van der Waals surface area contributed by atoms with Crippen molar-refractivity contribution in [1.29, 1.82) is 0 Å². The van der Waals surface area contributed by atoms with E-state index in [0.717, 1.165) is 25.1 Å². The van der Waals surface area contributed by atoms with E-state index in [0.29, 0.717) is 17.8 Å². The van der Waals surface area contributed by atoms with Crippen LogP contribution in [0.25, 0.3) is 11.5 Å². The quantitative estimate of drug-likeness (QED) is 0.840. The highest BCUT2D eigenvalue weighted by atomic mass is 16.5. The molecular formula is C15H22N4O. The third-order valence-corrected chi connectivity index (χ3v) is 3.41. The van der Waals surface area contributed by atoms with Gasteiger partial charge in [0.15, 0.2) is 0 Å². The summed E-state index contributed by atoms with van der Waals surface area (Å²) in [6.45, 7) is 7.46. The highest BCUT2D eigenvalue weighted by Crippen LogP contribution is 2.24. The molecule has 2 atom stereocenters. The summed E-state index contributed by atoms with van der Waals surface area (Å²) in [5, 5.41) is 7.53. The molecule has 1 N–H and O–H groups in total. The average molecular weight is 274 g/mol. The minimum atomic E-state index is 0.228. The van der Waals surface area contributed by atoms with E-state index in [1.54, 1.807) is 6.20 Å². The first-order chi connectivity index (χ1) is 9.76. The summed E-state index contributed by atoms with van der Waals surface area (Å²) in [6, 6.07) is 5.99. The van der Waals surface area contributed by atoms with Crippen molar-refractivity contribution in [1.82, 2.24) is 20.4 Å². The molecule has 2 rings (SSSR count). The minimum Gasteiger partial charge on any atom is -0.339 e. The summed E-state index contributed by atoms with van der Waals surface area (Å²) >= 11 is 0. The molecule has 2 aromatic rings. The molecule has 0 fully saturated rings. The number of hydrogen-bond acceptors (Lipinski definition) is 5. The van der Waals surface area contributed by atoms with Crippen molar-refractivity contribution < 1.29 is 4.52 Å². The molecule has 0 aliphatic heterocycles. The highest BCUT2D eigenvalue weighted by Gasteiger charge is 2.23. The molecule has 0 saturated carbocycles. The Morgan fingerprint density at radius 2 is 2.15 bits per heavy atom. The Hall–Kier alpha value is -1.75. The monoisotopic (exact) mass is 274 g/mol. The molecule has 0 saturated heterocycles. The molecule has 0 aliphatic rings. The van der Waals surface area contributed by atoms with Crippen LogP contribution in [0.2, 0.25) is 0 Å². The number of aromatic nitrogens is 3. The van der Waals surface area contributed by atoms with E-state index in [9.17, 15) is 0 Å². The zero-order valence-corrected chi connectivity index (χ0v) is 12.3. The van der Waals surface area contributed by atoms with Crippen molar-refractivity contribution >= 4 is 0 Å². The van der Waals surface area contributed by atoms with Crippen LogP contribution in [0.5, 0.6) is 0 Å². The Morgan fingerprint density at radius 1 is 1.30 bits per heavy atom. The fourth-order valence-corrected chi connectivity index (χ4v) is 2.24. The van der Waals surface area contributed by atoms with E-state index in [-0.39, 0.29) is 5.92 Å². The van der Waals surface area contributed by atoms with Crippen LogP contribution in [0, 0.1) is 0 Å². The summed E-state index contributed by atoms with van der Waals surface area (Å²) in [4.78, 5) is 8.74. The van der Waals surface area contributed by atoms with Gasteiger partial charge in [0.1, 0.15) is 5.69 Å². The van der Waals surface area contributed by atoms with E-state index in [4.69, 9.17) is 4.52 Å². The normalized spacial score (nSPS) is 14.2. The molecule has 0 aromatic carbocycles. The van der Waals surface area contributed by atoms with Gasteiger partial charge in [-0.15, -0.1) is 0 Å². The third kappa shape index (κ3) is 3.42. The predicted octanol–water partition coefficient (Wildman–Crippen LogP) is 3.01. The van der Waals surface area contributed by atoms with Crippen LogP contribution in [0.3, 0.4) is 0 Å². The fraction of sp³-hybridized carbons (Fsp3) is 0.533. The van der Waals surface area contributed by atoms with Crippen molar-refractivity contribution in [2.75, 3.05) is 6.54 Å². The predicted molar refractivity (Wildman–Crippen MR) is 78.3 cm³/mol. The number of nitrogens with one attached hydrogen (secondary N) is 1. The van der Waals surface area contributed by atoms with Gasteiger partial charge in [0, 0.05) is 12.2 Å². The lowest BCUT2D eigenvalue weighted by molar-refractivity contribution is 0.316. The van der Waals surface area contributed by atoms with Crippen LogP contribution in [-0.4, -0.2) is 27.7 Å². The highest BCUT2D eigenvalue weighted by molar-refractivity contribution is 5.47. The van der Waals surface area contributed by atoms with Crippen molar-refractivity contribution in [3.63, 3.8) is 0 Å². The van der Waals surface area contributed by atoms with E-state index < -0.39 is 0 Å². The molecule has 20 heavy (non-hydrogen) atoms. The summed E-state index contributed by atoms with van der Waals surface area (Å²) in [5.74, 6) is 1.47. The molecule has 0 aliphatic carbocycles. The topological polar surface area (TPSA) is 63.8 Å². The molecule has 0 bridgehead atoms. The molecule has 0 amide bonds. The molecule has 5 nitrogen and oxygen atoms in total. The van der Waals surface area contributed by atoms with E-state index in [2.05, 4.69) is 41.2 Å². The second-order valence-corrected chi connectivity index (χ2v) is 4.93. The molecular weight excluding hydrogens is 252 g/mol. The Morgan fingerprint density at radius 3 is 2.80 bits per heavy atom. The smallest absolute Gasteiger partial charge is 0.231 e. The zero-order chi connectivity index (χ0) is 14.4. The summed E-state index contributed by atoms with van der Waals surface area (Å²) < 4.78 is 5.43. The maximum absolute atomic E-state index is 5.43. The van der Waals surface area contributed by atoms with Crippen LogP contribution in [0.15, 0.2) is 28.9 Å². The zero-order valence-electron chi connectivity index (χ0n) is 12.3. The summed E-state index contributed by atoms with van der Waals surface area (Å²) in [6.07, 6.45) is 3.81. The van der Waals surface area contributed by atoms with Gasteiger partial charge in [0.25, 0.3) is 0 Å². The van der Waals surface area contributed by atoms with Gasteiger partial charge in [-0.05, 0) is 38.4 Å². The summed E-state index contributed by atoms with van der Waals surface area (Å²) in [5.41, 5.74) is 0.742. The van der Waals surface area contributed by atoms with Gasteiger partial charge in [-0.2, -0.15) is 4.98 Å². The number of hydrogen-bond donors (Lipinski definition) is 1. The van der Waals surface area contributed by atoms with Crippen LogP contribution in [0.1, 0.15) is 45.4 Å². The van der Waals surface area contributed by atoms with Crippen LogP contribution in [0.4, 0.5) is 0 Å². The Balaban J connectivity index is 2.14. The molecule has 5 heteroatoms. The number of rotatable bonds is 7. The summed E-state index contributed by atoms with van der Waals surface area (Å²) in [7, 11) is 0. The average Bonchev–Trinajstić information content (AvgIpc) is 2.96. The van der Waals surface area contributed by atoms with Crippen molar-refractivity contribution in [3.05, 3.63) is 30.3 Å². The Kier molecular flexibility index (Phi) is 5.24. The fourth-order valence-electron chi connectivity index (χ4n) is 2.24. The van der Waals surface area contributed by atoms with Crippen molar-refractivity contribution in [2.45, 2.75) is 45.6 Å². The molecule has 0 radical (unpaired) electrons. The molecule has 0 spiro atoms. The maximum atomic E-state index is 5.43. The van der Waals surface area contributed by atoms with E-state index in [1.165, 1.54) is 0 Å². The second-order valence-electron chi connectivity index (χ2n) is 4.93. The van der Waals surface area contributed by atoms with Gasteiger partial charge in [-0.25, -0.2) is 0 Å². The number of nitrogens with zero attached hydrogens (tertiary/aromatic N) is 3. The lowest BCUT2D eigenvalue weighted by Gasteiger charge is -2.20. The first-order valence-corrected chi connectivity index (χ1v) is 7.24. The SMILES string of the molecule is CCCNC(C)C(CC)c1nc(-c2ccccn2)no1. The van der Waals surface area contributed by atoms with Gasteiger partial charge in [-0.1, -0.05) is 25.1 Å². The van der Waals surface area contributed by atoms with Gasteiger partial charge >= 0.3 is 0 Å². The third-order valence-electron chi connectivity index (χ3n) is 3.41. The lowest BCUT2D eigenvalue weighted by Crippen LogP contribution is -2.32. The standard InChI is InChI=1S/C15H22N4O/c1-4-9-16-11(3)12(5-2)15-18-14(19-20-15)13-8-6-7-10-17-13/h6-8,10-12,16H,4-5,9H2,1-3H3. The van der Waals surface area contributed by atoms with Gasteiger partial charge < -0.3 is 9.84 Å². The second kappa shape index (κ2) is 7.14. The lowest BCUT2D eigenvalue weighted by atomic mass is 9.98. The molecule has 2 heterocycles. The van der Waals surface area contributed by atoms with E-state index >= 15 is 0 Å². The van der Waals surface area contributed by atoms with Crippen LogP contribution < -0.4 is 5.32 Å². The van der Waals surface area contributed by atoms with E-state index in [1.807, 2.05) is 18.2 Å². The van der Waals surface area contributed by atoms with Crippen LogP contribution >= 0.6 is 0 Å². The molecule has 2 aromatic heterocycles. The minimum absolute atomic E-state index is 0.228. The largest absolute Gasteiger partial charge is 0.339 e. The maximum Gasteiger partial charge on any atom is 0.231 e. The van der Waals surface area contributed by atoms with Gasteiger partial charge in [0.05, 0.1) is 5.92 Å². The first kappa shape index (κ1) is 14.7. The first-order valence-electron chi connectivity index (χ1n) is 7.24. The Labute approximate surface area is 119 Å². The number of pyridine rings is 1. The van der Waals surface area contributed by atoms with Crippen molar-refractivity contribution in [2.24, 2.45) is 0 Å². The van der Waals surface area contributed by atoms with Gasteiger partial charge in [-0.3, -0.25) is 4.98 Å². The Bertz CT molecular complexity index is 512. The molecule has 108 valence electrons. The molecule has 2 unspecified atom stereocenters. The van der Waals surface area contributed by atoms with Crippen LogP contribution in [-0.2, 0) is 0 Å². The van der Waals surface area contributed by atoms with Crippen molar-refractivity contribution in [3.8, 4) is 11.5 Å². The van der Waals surface area contributed by atoms with Gasteiger partial charge in [0.2, 0.25) is 11.7 Å².